The van der Waals surface area contributed by atoms with Crippen LogP contribution in [0, 0.1) is 0 Å². The van der Waals surface area contributed by atoms with Crippen molar-refractivity contribution in [2.24, 2.45) is 0 Å². The van der Waals surface area contributed by atoms with Crippen LogP contribution in [0.5, 0.6) is 0 Å². The molecule has 148 valence electrons. The number of aliphatic hydroxyl groups excluding tert-OH is 1. The van der Waals surface area contributed by atoms with E-state index < -0.39 is 0 Å². The standard InChI is InChI=1S/C21H19BrN4O2S/c1-29-20-23-12-15-13-25(18-8-3-2-7-17(18)22)21(28)26(19(15)24-20)16-6-4-5-14(11-16)9-10-27/h2-8,11-12,27H,9-10,13H2,1H3. The number of carbonyl (C=O) groups is 1. The highest BCUT2D eigenvalue weighted by molar-refractivity contribution is 9.10. The molecular weight excluding hydrogens is 452 g/mol. The Morgan fingerprint density at radius 1 is 1.21 bits per heavy atom. The fourth-order valence-corrected chi connectivity index (χ4v) is 4.14. The molecular formula is C21H19BrN4O2S. The Hall–Kier alpha value is -2.42. The molecule has 0 fully saturated rings. The van der Waals surface area contributed by atoms with Crippen LogP contribution in [0.15, 0.2) is 64.4 Å². The summed E-state index contributed by atoms with van der Waals surface area (Å²) in [5.41, 5.74) is 3.32. The Kier molecular flexibility index (Phi) is 5.84. The first kappa shape index (κ1) is 19.9. The van der Waals surface area contributed by atoms with E-state index in [0.29, 0.717) is 29.6 Å². The largest absolute Gasteiger partial charge is 0.396 e. The van der Waals surface area contributed by atoms with Crippen LogP contribution in [0.1, 0.15) is 11.1 Å². The predicted octanol–water partition coefficient (Wildman–Crippen LogP) is 4.77. The maximum Gasteiger partial charge on any atom is 0.335 e. The van der Waals surface area contributed by atoms with Crippen molar-refractivity contribution in [3.05, 3.63) is 70.3 Å². The first-order valence-corrected chi connectivity index (χ1v) is 11.1. The summed E-state index contributed by atoms with van der Waals surface area (Å²) in [5.74, 6) is 0.596. The van der Waals surface area contributed by atoms with Gasteiger partial charge in [0.05, 0.1) is 17.9 Å². The zero-order valence-corrected chi connectivity index (χ0v) is 18.2. The molecule has 0 unspecified atom stereocenters. The van der Waals surface area contributed by atoms with Crippen LogP contribution in [0.4, 0.5) is 22.0 Å². The fourth-order valence-electron chi connectivity index (χ4n) is 3.31. The van der Waals surface area contributed by atoms with Crippen molar-refractivity contribution in [3.63, 3.8) is 0 Å². The average Bonchev–Trinajstić information content (AvgIpc) is 2.74. The van der Waals surface area contributed by atoms with E-state index in [0.717, 1.165) is 21.3 Å². The quantitative estimate of drug-likeness (QED) is 0.429. The fraction of sp³-hybridized carbons (Fsp3) is 0.190. The zero-order chi connectivity index (χ0) is 20.4. The second-order valence-corrected chi connectivity index (χ2v) is 8.13. The highest BCUT2D eigenvalue weighted by Crippen LogP contribution is 2.38. The number of hydrogen-bond acceptors (Lipinski definition) is 5. The summed E-state index contributed by atoms with van der Waals surface area (Å²) in [6.45, 7) is 0.439. The summed E-state index contributed by atoms with van der Waals surface area (Å²) >= 11 is 4.99. The van der Waals surface area contributed by atoms with Crippen molar-refractivity contribution in [1.82, 2.24) is 9.97 Å². The lowest BCUT2D eigenvalue weighted by molar-refractivity contribution is 0.252. The van der Waals surface area contributed by atoms with Gasteiger partial charge < -0.3 is 5.11 Å². The van der Waals surface area contributed by atoms with E-state index in [-0.39, 0.29) is 12.6 Å². The number of fused-ring (bicyclic) bond motifs is 1. The molecule has 2 heterocycles. The smallest absolute Gasteiger partial charge is 0.335 e. The van der Waals surface area contributed by atoms with Crippen LogP contribution in [0.25, 0.3) is 0 Å². The van der Waals surface area contributed by atoms with Gasteiger partial charge in [-0.05, 0) is 58.4 Å². The van der Waals surface area contributed by atoms with Crippen molar-refractivity contribution in [2.45, 2.75) is 18.1 Å². The first-order chi connectivity index (χ1) is 14.1. The van der Waals surface area contributed by atoms with Crippen molar-refractivity contribution in [2.75, 3.05) is 22.7 Å². The lowest BCUT2D eigenvalue weighted by Gasteiger charge is -2.36. The molecule has 0 saturated carbocycles. The van der Waals surface area contributed by atoms with Gasteiger partial charge in [-0.1, -0.05) is 36.0 Å². The van der Waals surface area contributed by atoms with Gasteiger partial charge in [0.15, 0.2) is 11.0 Å². The Balaban J connectivity index is 1.86. The maximum atomic E-state index is 13.6. The third-order valence-electron chi connectivity index (χ3n) is 4.68. The molecule has 4 rings (SSSR count). The number of carbonyl (C=O) groups excluding carboxylic acids is 1. The summed E-state index contributed by atoms with van der Waals surface area (Å²) in [6.07, 6.45) is 4.22. The first-order valence-electron chi connectivity index (χ1n) is 9.08. The summed E-state index contributed by atoms with van der Waals surface area (Å²) in [6, 6.07) is 15.1. The molecule has 2 aromatic carbocycles. The number of aliphatic hydroxyl groups is 1. The number of urea groups is 1. The molecule has 1 N–H and O–H groups in total. The topological polar surface area (TPSA) is 69.6 Å². The second-order valence-electron chi connectivity index (χ2n) is 6.50. The predicted molar refractivity (Wildman–Crippen MR) is 119 cm³/mol. The van der Waals surface area contributed by atoms with Crippen molar-refractivity contribution in [3.8, 4) is 0 Å². The number of thioether (sulfide) groups is 1. The molecule has 29 heavy (non-hydrogen) atoms. The highest BCUT2D eigenvalue weighted by atomic mass is 79.9. The van der Waals surface area contributed by atoms with Gasteiger partial charge in [-0.15, -0.1) is 0 Å². The van der Waals surface area contributed by atoms with Crippen LogP contribution in [-0.2, 0) is 13.0 Å². The normalized spacial score (nSPS) is 13.6. The Morgan fingerprint density at radius 2 is 2.03 bits per heavy atom. The van der Waals surface area contributed by atoms with Crippen molar-refractivity contribution < 1.29 is 9.90 Å². The Labute approximate surface area is 181 Å². The van der Waals surface area contributed by atoms with Gasteiger partial charge in [0, 0.05) is 22.8 Å². The highest BCUT2D eigenvalue weighted by Gasteiger charge is 2.35. The lowest BCUT2D eigenvalue weighted by atomic mass is 10.1. The number of anilines is 3. The number of benzene rings is 2. The van der Waals surface area contributed by atoms with E-state index in [9.17, 15) is 9.90 Å². The molecule has 1 aromatic heterocycles. The minimum absolute atomic E-state index is 0.0515. The van der Waals surface area contributed by atoms with Crippen LogP contribution in [-0.4, -0.2) is 34.0 Å². The van der Waals surface area contributed by atoms with Gasteiger partial charge in [-0.25, -0.2) is 19.7 Å². The van der Waals surface area contributed by atoms with E-state index in [2.05, 4.69) is 25.9 Å². The minimum atomic E-state index is -0.184. The van der Waals surface area contributed by atoms with E-state index in [1.165, 1.54) is 11.8 Å². The van der Waals surface area contributed by atoms with Crippen molar-refractivity contribution in [1.29, 1.82) is 0 Å². The van der Waals surface area contributed by atoms with Crippen LogP contribution < -0.4 is 9.80 Å². The number of nitrogens with zero attached hydrogens (tertiary/aromatic N) is 4. The number of amides is 2. The molecule has 3 aromatic rings. The third-order valence-corrected chi connectivity index (χ3v) is 5.91. The summed E-state index contributed by atoms with van der Waals surface area (Å²) < 4.78 is 0.840. The number of halogens is 1. The molecule has 0 bridgehead atoms. The van der Waals surface area contributed by atoms with Crippen LogP contribution in [0.3, 0.4) is 0 Å². The zero-order valence-electron chi connectivity index (χ0n) is 15.7. The van der Waals surface area contributed by atoms with E-state index in [1.807, 2.05) is 54.8 Å². The molecule has 0 saturated heterocycles. The van der Waals surface area contributed by atoms with E-state index in [4.69, 9.17) is 0 Å². The Bertz CT molecular complexity index is 1060. The molecule has 1 aliphatic rings. The molecule has 1 aliphatic heterocycles. The molecule has 2 amide bonds. The summed E-state index contributed by atoms with van der Waals surface area (Å²) in [4.78, 5) is 26.0. The van der Waals surface area contributed by atoms with Gasteiger partial charge in [0.1, 0.15) is 0 Å². The van der Waals surface area contributed by atoms with E-state index >= 15 is 0 Å². The SMILES string of the molecule is CSc1ncc2c(n1)N(c1cccc(CCO)c1)C(=O)N(c1ccccc1Br)C2. The second kappa shape index (κ2) is 8.52. The van der Waals surface area contributed by atoms with Crippen LogP contribution >= 0.6 is 27.7 Å². The number of para-hydroxylation sites is 1. The number of aromatic nitrogens is 2. The number of hydrogen-bond donors (Lipinski definition) is 1. The number of rotatable bonds is 5. The molecule has 0 aliphatic carbocycles. The van der Waals surface area contributed by atoms with Gasteiger partial charge in [0.25, 0.3) is 0 Å². The average molecular weight is 471 g/mol. The maximum absolute atomic E-state index is 13.6. The molecule has 0 atom stereocenters. The molecule has 0 spiro atoms. The third kappa shape index (κ3) is 3.88. The van der Waals surface area contributed by atoms with Gasteiger partial charge in [-0.3, -0.25) is 4.90 Å². The van der Waals surface area contributed by atoms with Crippen molar-refractivity contribution >= 4 is 50.9 Å². The molecule has 6 nitrogen and oxygen atoms in total. The van der Waals surface area contributed by atoms with E-state index in [1.54, 1.807) is 16.0 Å². The monoisotopic (exact) mass is 470 g/mol. The molecule has 0 radical (unpaired) electrons. The van der Waals surface area contributed by atoms with Gasteiger partial charge in [-0.2, -0.15) is 0 Å². The lowest BCUT2D eigenvalue weighted by Crippen LogP contribution is -2.45. The molecule has 8 heteroatoms. The minimum Gasteiger partial charge on any atom is -0.396 e. The van der Waals surface area contributed by atoms with Gasteiger partial charge in [0.2, 0.25) is 0 Å². The van der Waals surface area contributed by atoms with Crippen LogP contribution in [0.2, 0.25) is 0 Å². The summed E-state index contributed by atoms with van der Waals surface area (Å²) in [7, 11) is 0. The summed E-state index contributed by atoms with van der Waals surface area (Å²) in [5, 5.41) is 9.92. The van der Waals surface area contributed by atoms with Gasteiger partial charge >= 0.3 is 6.03 Å². The Morgan fingerprint density at radius 3 is 2.79 bits per heavy atom.